The average Bonchev–Trinajstić information content (AvgIpc) is 3.37. The van der Waals surface area contributed by atoms with E-state index in [1.807, 2.05) is 13.8 Å². The standard InChI is InChI=1S/C19H21F3N4O3/c1-10(2)15(18-25-13(9-29-18)17(28)24-7-11-3-4-11)26-16(27)12-5-6-14(23-8-12)19(20,21)22/h5-6,8-11,15H,3-4,7H2,1-2H3,(H,24,28)(H,26,27)/t15-/m1/s1. The van der Waals surface area contributed by atoms with Gasteiger partial charge in [0.15, 0.2) is 5.69 Å². The van der Waals surface area contributed by atoms with E-state index in [0.717, 1.165) is 31.2 Å². The van der Waals surface area contributed by atoms with Gasteiger partial charge in [-0.2, -0.15) is 13.2 Å². The molecule has 29 heavy (non-hydrogen) atoms. The lowest BCUT2D eigenvalue weighted by atomic mass is 10.0. The summed E-state index contributed by atoms with van der Waals surface area (Å²) in [6, 6.07) is 1.12. The molecular formula is C19H21F3N4O3. The van der Waals surface area contributed by atoms with E-state index in [4.69, 9.17) is 4.42 Å². The molecule has 2 aromatic heterocycles. The van der Waals surface area contributed by atoms with Crippen LogP contribution in [-0.2, 0) is 6.18 Å². The lowest BCUT2D eigenvalue weighted by molar-refractivity contribution is -0.141. The van der Waals surface area contributed by atoms with Crippen molar-refractivity contribution >= 4 is 11.8 Å². The zero-order valence-corrected chi connectivity index (χ0v) is 15.9. The van der Waals surface area contributed by atoms with Gasteiger partial charge in [-0.25, -0.2) is 4.98 Å². The van der Waals surface area contributed by atoms with Crippen LogP contribution < -0.4 is 10.6 Å². The van der Waals surface area contributed by atoms with Crippen molar-refractivity contribution in [2.24, 2.45) is 11.8 Å². The molecular weight excluding hydrogens is 389 g/mol. The molecule has 156 valence electrons. The van der Waals surface area contributed by atoms with Crippen LogP contribution in [0.5, 0.6) is 0 Å². The maximum Gasteiger partial charge on any atom is 0.433 e. The summed E-state index contributed by atoms with van der Waals surface area (Å²) in [6.45, 7) is 4.21. The van der Waals surface area contributed by atoms with Crippen molar-refractivity contribution in [1.29, 1.82) is 0 Å². The monoisotopic (exact) mass is 410 g/mol. The normalized spacial score (nSPS) is 15.2. The number of rotatable bonds is 7. The average molecular weight is 410 g/mol. The first kappa shape index (κ1) is 20.8. The fourth-order valence-electron chi connectivity index (χ4n) is 2.62. The van der Waals surface area contributed by atoms with E-state index in [-0.39, 0.29) is 29.0 Å². The summed E-state index contributed by atoms with van der Waals surface area (Å²) in [6.07, 6.45) is -0.292. The summed E-state index contributed by atoms with van der Waals surface area (Å²) in [5, 5.41) is 5.45. The number of halogens is 3. The number of nitrogens with zero attached hydrogens (tertiary/aromatic N) is 2. The number of hydrogen-bond acceptors (Lipinski definition) is 5. The number of oxazole rings is 1. The number of amides is 2. The van der Waals surface area contributed by atoms with Gasteiger partial charge in [-0.1, -0.05) is 13.8 Å². The summed E-state index contributed by atoms with van der Waals surface area (Å²) in [5.74, 6) is -0.465. The van der Waals surface area contributed by atoms with Crippen molar-refractivity contribution in [3.8, 4) is 0 Å². The summed E-state index contributed by atoms with van der Waals surface area (Å²) in [4.78, 5) is 32.0. The quantitative estimate of drug-likeness (QED) is 0.730. The topological polar surface area (TPSA) is 97.1 Å². The Labute approximate surface area is 165 Å². The van der Waals surface area contributed by atoms with Gasteiger partial charge in [-0.3, -0.25) is 14.6 Å². The third kappa shape index (κ3) is 5.33. The van der Waals surface area contributed by atoms with Crippen LogP contribution in [0.15, 0.2) is 29.0 Å². The molecule has 3 rings (SSSR count). The van der Waals surface area contributed by atoms with Crippen LogP contribution in [-0.4, -0.2) is 28.3 Å². The molecule has 1 aliphatic carbocycles. The first-order valence-corrected chi connectivity index (χ1v) is 9.23. The fraction of sp³-hybridized carbons (Fsp3) is 0.474. The molecule has 1 aliphatic rings. The molecule has 0 unspecified atom stereocenters. The number of carbonyl (C=O) groups is 2. The van der Waals surface area contributed by atoms with Crippen molar-refractivity contribution in [1.82, 2.24) is 20.6 Å². The smallest absolute Gasteiger partial charge is 0.433 e. The molecule has 2 amide bonds. The maximum atomic E-state index is 12.6. The summed E-state index contributed by atoms with van der Waals surface area (Å²) < 4.78 is 43.2. The molecule has 2 N–H and O–H groups in total. The molecule has 1 saturated carbocycles. The molecule has 0 radical (unpaired) electrons. The Kier molecular flexibility index (Phi) is 5.90. The minimum absolute atomic E-state index is 0.0300. The van der Waals surface area contributed by atoms with Crippen LogP contribution in [0.4, 0.5) is 13.2 Å². The molecule has 0 aliphatic heterocycles. The van der Waals surface area contributed by atoms with Crippen molar-refractivity contribution in [3.63, 3.8) is 0 Å². The number of carbonyl (C=O) groups excluding carboxylic acids is 2. The van der Waals surface area contributed by atoms with Gasteiger partial charge >= 0.3 is 6.18 Å². The van der Waals surface area contributed by atoms with Crippen molar-refractivity contribution in [2.75, 3.05) is 6.54 Å². The molecule has 10 heteroatoms. The van der Waals surface area contributed by atoms with Gasteiger partial charge in [0.05, 0.1) is 5.56 Å². The predicted molar refractivity (Wildman–Crippen MR) is 95.8 cm³/mol. The number of nitrogens with one attached hydrogen (secondary N) is 2. The largest absolute Gasteiger partial charge is 0.446 e. The number of hydrogen-bond donors (Lipinski definition) is 2. The van der Waals surface area contributed by atoms with Gasteiger partial charge < -0.3 is 15.1 Å². The highest BCUT2D eigenvalue weighted by Gasteiger charge is 2.32. The Bertz CT molecular complexity index is 874. The lowest BCUT2D eigenvalue weighted by Gasteiger charge is -2.19. The van der Waals surface area contributed by atoms with Crippen LogP contribution >= 0.6 is 0 Å². The van der Waals surface area contributed by atoms with Crippen LogP contribution in [0, 0.1) is 11.8 Å². The molecule has 1 fully saturated rings. The second-order valence-corrected chi connectivity index (χ2v) is 7.35. The van der Waals surface area contributed by atoms with E-state index in [2.05, 4.69) is 20.6 Å². The van der Waals surface area contributed by atoms with Gasteiger partial charge in [0, 0.05) is 12.7 Å². The third-order valence-corrected chi connectivity index (χ3v) is 4.54. The van der Waals surface area contributed by atoms with Crippen LogP contribution in [0.1, 0.15) is 65.2 Å². The first-order chi connectivity index (χ1) is 13.6. The van der Waals surface area contributed by atoms with Gasteiger partial charge in [-0.15, -0.1) is 0 Å². The predicted octanol–water partition coefficient (Wildman–Crippen LogP) is 3.36. The van der Waals surface area contributed by atoms with E-state index in [1.165, 1.54) is 6.26 Å². The molecule has 0 saturated heterocycles. The Morgan fingerprint density at radius 2 is 1.97 bits per heavy atom. The SMILES string of the molecule is CC(C)[C@@H](NC(=O)c1ccc(C(F)(F)F)nc1)c1nc(C(=O)NCC2CC2)co1. The van der Waals surface area contributed by atoms with E-state index in [0.29, 0.717) is 12.5 Å². The first-order valence-electron chi connectivity index (χ1n) is 9.23. The Morgan fingerprint density at radius 3 is 2.52 bits per heavy atom. The summed E-state index contributed by atoms with van der Waals surface area (Å²) in [7, 11) is 0. The van der Waals surface area contributed by atoms with E-state index in [9.17, 15) is 22.8 Å². The number of aromatic nitrogens is 2. The molecule has 0 spiro atoms. The number of alkyl halides is 3. The van der Waals surface area contributed by atoms with Gasteiger partial charge in [0.1, 0.15) is 18.0 Å². The molecule has 0 bridgehead atoms. The minimum Gasteiger partial charge on any atom is -0.446 e. The van der Waals surface area contributed by atoms with Crippen molar-refractivity contribution < 1.29 is 27.2 Å². The zero-order chi connectivity index (χ0) is 21.2. The Morgan fingerprint density at radius 1 is 1.24 bits per heavy atom. The molecule has 1 atom stereocenters. The molecule has 2 aromatic rings. The fourth-order valence-corrected chi connectivity index (χ4v) is 2.62. The van der Waals surface area contributed by atoms with Crippen LogP contribution in [0.3, 0.4) is 0 Å². The van der Waals surface area contributed by atoms with Crippen LogP contribution in [0.2, 0.25) is 0 Å². The molecule has 7 nitrogen and oxygen atoms in total. The van der Waals surface area contributed by atoms with Crippen molar-refractivity contribution in [2.45, 2.75) is 38.9 Å². The van der Waals surface area contributed by atoms with Gasteiger partial charge in [-0.05, 0) is 36.8 Å². The minimum atomic E-state index is -4.58. The van der Waals surface area contributed by atoms with E-state index >= 15 is 0 Å². The van der Waals surface area contributed by atoms with Gasteiger partial charge in [0.25, 0.3) is 11.8 Å². The van der Waals surface area contributed by atoms with Crippen molar-refractivity contribution in [3.05, 3.63) is 47.4 Å². The highest BCUT2D eigenvalue weighted by molar-refractivity contribution is 5.94. The summed E-state index contributed by atoms with van der Waals surface area (Å²) >= 11 is 0. The van der Waals surface area contributed by atoms with Crippen LogP contribution in [0.25, 0.3) is 0 Å². The third-order valence-electron chi connectivity index (χ3n) is 4.54. The second-order valence-electron chi connectivity index (χ2n) is 7.35. The number of pyridine rings is 1. The van der Waals surface area contributed by atoms with E-state index < -0.39 is 23.8 Å². The summed E-state index contributed by atoms with van der Waals surface area (Å²) in [5.41, 5.74) is -1.00. The highest BCUT2D eigenvalue weighted by atomic mass is 19.4. The molecule has 2 heterocycles. The Balaban J connectivity index is 1.68. The second kappa shape index (κ2) is 8.22. The lowest BCUT2D eigenvalue weighted by Crippen LogP contribution is -2.32. The Hall–Kier alpha value is -2.91. The highest BCUT2D eigenvalue weighted by Crippen LogP contribution is 2.28. The zero-order valence-electron chi connectivity index (χ0n) is 15.9. The van der Waals surface area contributed by atoms with E-state index in [1.54, 1.807) is 0 Å². The maximum absolute atomic E-state index is 12.6. The van der Waals surface area contributed by atoms with Gasteiger partial charge in [0.2, 0.25) is 5.89 Å². The molecule has 0 aromatic carbocycles.